The standard InChI is InChI=1S/C10H13N5O/c1-8-7-15(10(16)14-13-8)12-6-9-3-2-4-11-5-9/h2-4,6,9H,5,7H2,1H3,(H,14,16)/b12-6+. The molecule has 6 nitrogen and oxygen atoms in total. The zero-order chi connectivity index (χ0) is 11.4. The summed E-state index contributed by atoms with van der Waals surface area (Å²) in [6.45, 7) is 2.96. The van der Waals surface area contributed by atoms with E-state index in [-0.39, 0.29) is 11.9 Å². The number of nitrogens with one attached hydrogen (secondary N) is 1. The molecule has 0 radical (unpaired) electrons. The van der Waals surface area contributed by atoms with Crippen LogP contribution in [0.1, 0.15) is 6.92 Å². The maximum Gasteiger partial charge on any atom is 0.358 e. The second-order valence-corrected chi connectivity index (χ2v) is 3.65. The van der Waals surface area contributed by atoms with Crippen molar-refractivity contribution in [2.45, 2.75) is 6.92 Å². The number of aliphatic imine (C=N–C) groups is 1. The minimum atomic E-state index is -0.301. The number of allylic oxidation sites excluding steroid dienone is 1. The highest BCUT2D eigenvalue weighted by Gasteiger charge is 2.17. The molecule has 0 aromatic heterocycles. The molecule has 0 spiro atoms. The molecule has 2 amide bonds. The van der Waals surface area contributed by atoms with Gasteiger partial charge in [-0.2, -0.15) is 10.2 Å². The van der Waals surface area contributed by atoms with Crippen molar-refractivity contribution in [2.75, 3.05) is 13.1 Å². The molecule has 0 bridgehead atoms. The van der Waals surface area contributed by atoms with Crippen LogP contribution in [0, 0.1) is 5.92 Å². The molecule has 0 saturated heterocycles. The number of rotatable bonds is 2. The Labute approximate surface area is 93.4 Å². The van der Waals surface area contributed by atoms with E-state index in [9.17, 15) is 4.79 Å². The normalized spacial score (nSPS) is 24.8. The highest BCUT2D eigenvalue weighted by atomic mass is 16.2. The Hall–Kier alpha value is -1.98. The molecule has 16 heavy (non-hydrogen) atoms. The van der Waals surface area contributed by atoms with E-state index in [1.807, 2.05) is 19.1 Å². The Morgan fingerprint density at radius 1 is 1.69 bits per heavy atom. The van der Waals surface area contributed by atoms with Gasteiger partial charge in [0.2, 0.25) is 0 Å². The predicted molar refractivity (Wildman–Crippen MR) is 62.8 cm³/mol. The van der Waals surface area contributed by atoms with Gasteiger partial charge in [0.05, 0.1) is 18.8 Å². The van der Waals surface area contributed by atoms with Crippen molar-refractivity contribution in [1.29, 1.82) is 0 Å². The Morgan fingerprint density at radius 3 is 3.31 bits per heavy atom. The van der Waals surface area contributed by atoms with Gasteiger partial charge in [-0.3, -0.25) is 4.99 Å². The largest absolute Gasteiger partial charge is 0.358 e. The van der Waals surface area contributed by atoms with Gasteiger partial charge in [-0.25, -0.2) is 15.2 Å². The van der Waals surface area contributed by atoms with Gasteiger partial charge in [0.25, 0.3) is 0 Å². The maximum atomic E-state index is 11.4. The predicted octanol–water partition coefficient (Wildman–Crippen LogP) is 0.630. The summed E-state index contributed by atoms with van der Waals surface area (Å²) in [5.74, 6) is 0.164. The lowest BCUT2D eigenvalue weighted by Crippen LogP contribution is -2.42. The molecule has 1 atom stereocenters. The highest BCUT2D eigenvalue weighted by Crippen LogP contribution is 2.03. The molecule has 2 aliphatic rings. The van der Waals surface area contributed by atoms with Crippen molar-refractivity contribution in [3.8, 4) is 0 Å². The fraction of sp³-hybridized carbons (Fsp3) is 0.400. The minimum Gasteiger partial charge on any atom is -0.292 e. The molecule has 2 aliphatic heterocycles. The lowest BCUT2D eigenvalue weighted by Gasteiger charge is -2.20. The molecular formula is C10H13N5O. The number of nitrogens with zero attached hydrogens (tertiary/aromatic N) is 4. The molecule has 6 heteroatoms. The first kappa shape index (κ1) is 10.5. The van der Waals surface area contributed by atoms with E-state index in [0.29, 0.717) is 13.1 Å². The van der Waals surface area contributed by atoms with Crippen LogP contribution in [0.15, 0.2) is 27.3 Å². The first-order valence-corrected chi connectivity index (χ1v) is 5.07. The number of hydrazone groups is 2. The molecule has 0 aliphatic carbocycles. The van der Waals surface area contributed by atoms with Gasteiger partial charge >= 0.3 is 6.03 Å². The summed E-state index contributed by atoms with van der Waals surface area (Å²) in [6.07, 6.45) is 7.36. The van der Waals surface area contributed by atoms with Crippen LogP contribution in [-0.2, 0) is 0 Å². The summed E-state index contributed by atoms with van der Waals surface area (Å²) in [6, 6.07) is -0.301. The smallest absolute Gasteiger partial charge is 0.292 e. The number of dihydropyridines is 1. The van der Waals surface area contributed by atoms with Gasteiger partial charge in [-0.1, -0.05) is 6.08 Å². The fourth-order valence-corrected chi connectivity index (χ4v) is 1.38. The third-order valence-electron chi connectivity index (χ3n) is 2.22. The number of carbonyl (C=O) groups is 1. The first-order chi connectivity index (χ1) is 7.75. The zero-order valence-corrected chi connectivity index (χ0v) is 9.00. The Bertz CT molecular complexity index is 396. The molecule has 2 heterocycles. The Kier molecular flexibility index (Phi) is 3.09. The SMILES string of the molecule is CC1=NNC(=O)N(/N=C/C2C=CC=NC2)C1. The first-order valence-electron chi connectivity index (χ1n) is 5.07. The van der Waals surface area contributed by atoms with E-state index >= 15 is 0 Å². The summed E-state index contributed by atoms with van der Waals surface area (Å²) in [5, 5.41) is 9.30. The molecule has 0 fully saturated rings. The lowest BCUT2D eigenvalue weighted by atomic mass is 10.1. The third-order valence-corrected chi connectivity index (χ3v) is 2.22. The molecule has 0 saturated carbocycles. The topological polar surface area (TPSA) is 69.4 Å². The third kappa shape index (κ3) is 2.53. The van der Waals surface area contributed by atoms with Gasteiger partial charge in [0.15, 0.2) is 0 Å². The summed E-state index contributed by atoms with van der Waals surface area (Å²) >= 11 is 0. The summed E-state index contributed by atoms with van der Waals surface area (Å²) < 4.78 is 0. The van der Waals surface area contributed by atoms with Crippen LogP contribution in [0.2, 0.25) is 0 Å². The van der Waals surface area contributed by atoms with Crippen LogP contribution >= 0.6 is 0 Å². The number of carbonyl (C=O) groups excluding carboxylic acids is 1. The van der Waals surface area contributed by atoms with Crippen LogP contribution in [0.4, 0.5) is 4.79 Å². The van der Waals surface area contributed by atoms with Gasteiger partial charge in [0, 0.05) is 18.3 Å². The van der Waals surface area contributed by atoms with Gasteiger partial charge < -0.3 is 0 Å². The van der Waals surface area contributed by atoms with Crippen LogP contribution < -0.4 is 5.43 Å². The minimum absolute atomic E-state index is 0.164. The number of amides is 2. The summed E-state index contributed by atoms with van der Waals surface area (Å²) in [4.78, 5) is 15.5. The van der Waals surface area contributed by atoms with Crippen molar-refractivity contribution >= 4 is 24.2 Å². The highest BCUT2D eigenvalue weighted by molar-refractivity contribution is 5.91. The number of hydrogen-bond acceptors (Lipinski definition) is 4. The maximum absolute atomic E-state index is 11.4. The summed E-state index contributed by atoms with van der Waals surface area (Å²) in [5.41, 5.74) is 3.21. The van der Waals surface area contributed by atoms with E-state index in [1.165, 1.54) is 5.01 Å². The molecule has 1 N–H and O–H groups in total. The van der Waals surface area contributed by atoms with Crippen molar-refractivity contribution in [3.63, 3.8) is 0 Å². The quantitative estimate of drug-likeness (QED) is 0.680. The van der Waals surface area contributed by atoms with E-state index in [2.05, 4.69) is 20.6 Å². The lowest BCUT2D eigenvalue weighted by molar-refractivity contribution is 0.204. The fourth-order valence-electron chi connectivity index (χ4n) is 1.38. The van der Waals surface area contributed by atoms with Crippen molar-refractivity contribution < 1.29 is 4.79 Å². The van der Waals surface area contributed by atoms with E-state index in [4.69, 9.17) is 0 Å². The van der Waals surface area contributed by atoms with Crippen molar-refractivity contribution in [2.24, 2.45) is 21.1 Å². The second-order valence-electron chi connectivity index (χ2n) is 3.65. The van der Waals surface area contributed by atoms with E-state index in [1.54, 1.807) is 12.4 Å². The molecule has 84 valence electrons. The number of hydrogen-bond donors (Lipinski definition) is 1. The average molecular weight is 219 g/mol. The van der Waals surface area contributed by atoms with Crippen LogP contribution in [0.3, 0.4) is 0 Å². The van der Waals surface area contributed by atoms with Crippen LogP contribution in [-0.4, -0.2) is 42.3 Å². The molecule has 2 rings (SSSR count). The molecular weight excluding hydrogens is 206 g/mol. The molecule has 0 aromatic rings. The van der Waals surface area contributed by atoms with E-state index in [0.717, 1.165) is 5.71 Å². The second kappa shape index (κ2) is 4.69. The van der Waals surface area contributed by atoms with Crippen molar-refractivity contribution in [1.82, 2.24) is 10.4 Å². The monoisotopic (exact) mass is 219 g/mol. The van der Waals surface area contributed by atoms with Gasteiger partial charge in [-0.15, -0.1) is 0 Å². The average Bonchev–Trinajstić information content (AvgIpc) is 2.32. The summed E-state index contributed by atoms with van der Waals surface area (Å²) in [7, 11) is 0. The van der Waals surface area contributed by atoms with Gasteiger partial charge in [0.1, 0.15) is 0 Å². The Morgan fingerprint density at radius 2 is 2.56 bits per heavy atom. The Balaban J connectivity index is 1.96. The van der Waals surface area contributed by atoms with Crippen molar-refractivity contribution in [3.05, 3.63) is 12.2 Å². The molecule has 1 unspecified atom stereocenters. The van der Waals surface area contributed by atoms with Crippen LogP contribution in [0.5, 0.6) is 0 Å². The zero-order valence-electron chi connectivity index (χ0n) is 9.00. The van der Waals surface area contributed by atoms with Gasteiger partial charge in [-0.05, 0) is 13.0 Å². The van der Waals surface area contributed by atoms with E-state index < -0.39 is 0 Å². The molecule has 0 aromatic carbocycles. The van der Waals surface area contributed by atoms with Crippen LogP contribution in [0.25, 0.3) is 0 Å². The number of urea groups is 1.